The van der Waals surface area contributed by atoms with E-state index in [1.165, 1.54) is 218 Å². The molecule has 0 spiro atoms. The maximum absolute atomic E-state index is 12.5. The molecule has 0 saturated carbocycles. The van der Waals surface area contributed by atoms with Gasteiger partial charge in [0, 0.05) is 12.8 Å². The quantitative estimate of drug-likeness (QED) is 0.0321. The van der Waals surface area contributed by atoms with Gasteiger partial charge in [0.05, 0.1) is 25.4 Å². The molecule has 0 aliphatic heterocycles. The van der Waals surface area contributed by atoms with Gasteiger partial charge in [-0.3, -0.25) is 9.59 Å². The third kappa shape index (κ3) is 55.2. The number of rotatable bonds is 57. The molecular formula is C63H119NO5. The van der Waals surface area contributed by atoms with Crippen molar-refractivity contribution in [3.05, 3.63) is 36.5 Å². The van der Waals surface area contributed by atoms with Crippen LogP contribution in [0.4, 0.5) is 0 Å². The van der Waals surface area contributed by atoms with Gasteiger partial charge in [0.2, 0.25) is 5.91 Å². The van der Waals surface area contributed by atoms with Crippen molar-refractivity contribution in [1.29, 1.82) is 0 Å². The van der Waals surface area contributed by atoms with Crippen molar-refractivity contribution in [3.8, 4) is 0 Å². The van der Waals surface area contributed by atoms with E-state index in [2.05, 4.69) is 43.5 Å². The number of amides is 1. The Morgan fingerprint density at radius 3 is 1.10 bits per heavy atom. The highest BCUT2D eigenvalue weighted by molar-refractivity contribution is 5.76. The van der Waals surface area contributed by atoms with Crippen LogP contribution < -0.4 is 5.32 Å². The fourth-order valence-corrected chi connectivity index (χ4v) is 9.43. The average molecular weight is 971 g/mol. The second-order valence-corrected chi connectivity index (χ2v) is 21.0. The monoisotopic (exact) mass is 970 g/mol. The van der Waals surface area contributed by atoms with Crippen LogP contribution in [-0.2, 0) is 14.3 Å². The Kier molecular flexibility index (Phi) is 57.0. The molecule has 0 saturated heterocycles. The third-order valence-electron chi connectivity index (χ3n) is 14.2. The van der Waals surface area contributed by atoms with Crippen molar-refractivity contribution in [2.75, 3.05) is 13.2 Å². The molecular weight excluding hydrogens is 851 g/mol. The molecule has 0 aromatic rings. The smallest absolute Gasteiger partial charge is 0.305 e. The first-order valence-corrected chi connectivity index (χ1v) is 30.8. The first-order valence-electron chi connectivity index (χ1n) is 30.8. The van der Waals surface area contributed by atoms with Crippen LogP contribution >= 0.6 is 0 Å². The summed E-state index contributed by atoms with van der Waals surface area (Å²) in [6, 6.07) is -0.641. The highest BCUT2D eigenvalue weighted by Gasteiger charge is 2.18. The summed E-state index contributed by atoms with van der Waals surface area (Å²) in [4.78, 5) is 24.5. The standard InChI is InChI=1S/C63H119NO5/c1-3-5-7-9-11-13-15-17-19-20-21-22-24-28-31-35-39-43-47-51-55-61(66)60(59-65)64-62(67)56-52-48-44-40-36-32-29-25-23-26-30-34-38-42-46-50-54-58-69-63(68)57-53-49-45-41-37-33-27-18-16-14-12-10-8-6-4-2/h23,26,34,38,51,55,60-61,65-66H,3-22,24-25,27-33,35-37,39-50,52-54,56-59H2,1-2H3,(H,64,67)/b26-23-,38-34-,55-51+. The van der Waals surface area contributed by atoms with Gasteiger partial charge >= 0.3 is 5.97 Å². The number of carbonyl (C=O) groups excluding carboxylic acids is 2. The van der Waals surface area contributed by atoms with Crippen molar-refractivity contribution in [3.63, 3.8) is 0 Å². The van der Waals surface area contributed by atoms with Gasteiger partial charge in [0.1, 0.15) is 0 Å². The van der Waals surface area contributed by atoms with Gasteiger partial charge < -0.3 is 20.3 Å². The van der Waals surface area contributed by atoms with E-state index in [-0.39, 0.29) is 18.5 Å². The second-order valence-electron chi connectivity index (χ2n) is 21.0. The Hall–Kier alpha value is -1.92. The zero-order valence-corrected chi connectivity index (χ0v) is 46.3. The van der Waals surface area contributed by atoms with Gasteiger partial charge in [-0.05, 0) is 70.6 Å². The number of aliphatic hydroxyl groups excluding tert-OH is 2. The summed E-state index contributed by atoms with van der Waals surface area (Å²) in [6.45, 7) is 4.88. The number of hydrogen-bond donors (Lipinski definition) is 3. The van der Waals surface area contributed by atoms with Crippen LogP contribution in [0.15, 0.2) is 36.5 Å². The number of aliphatic hydroxyl groups is 2. The number of ether oxygens (including phenoxy) is 1. The van der Waals surface area contributed by atoms with E-state index >= 15 is 0 Å². The summed E-state index contributed by atoms with van der Waals surface area (Å²) < 4.78 is 5.46. The predicted octanol–water partition coefficient (Wildman–Crippen LogP) is 19.2. The molecule has 6 heteroatoms. The van der Waals surface area contributed by atoms with Crippen LogP contribution in [0.25, 0.3) is 0 Å². The number of carbonyl (C=O) groups is 2. The highest BCUT2D eigenvalue weighted by Crippen LogP contribution is 2.17. The van der Waals surface area contributed by atoms with Crippen molar-refractivity contribution < 1.29 is 24.5 Å². The third-order valence-corrected chi connectivity index (χ3v) is 14.2. The number of esters is 1. The number of nitrogens with one attached hydrogen (secondary N) is 1. The first-order chi connectivity index (χ1) is 34.0. The fourth-order valence-electron chi connectivity index (χ4n) is 9.43. The molecule has 0 rings (SSSR count). The predicted molar refractivity (Wildman–Crippen MR) is 301 cm³/mol. The molecule has 406 valence electrons. The molecule has 0 fully saturated rings. The topological polar surface area (TPSA) is 95.9 Å². The second kappa shape index (κ2) is 58.6. The Bertz CT molecular complexity index is 1120. The number of hydrogen-bond acceptors (Lipinski definition) is 5. The molecule has 3 N–H and O–H groups in total. The highest BCUT2D eigenvalue weighted by atomic mass is 16.5. The average Bonchev–Trinajstić information content (AvgIpc) is 3.35. The van der Waals surface area contributed by atoms with E-state index in [9.17, 15) is 19.8 Å². The molecule has 2 unspecified atom stereocenters. The van der Waals surface area contributed by atoms with Gasteiger partial charge in [-0.1, -0.05) is 281 Å². The maximum Gasteiger partial charge on any atom is 0.305 e. The first kappa shape index (κ1) is 67.1. The largest absolute Gasteiger partial charge is 0.466 e. The lowest BCUT2D eigenvalue weighted by molar-refractivity contribution is -0.143. The van der Waals surface area contributed by atoms with Crippen LogP contribution in [0.1, 0.15) is 328 Å². The summed E-state index contributed by atoms with van der Waals surface area (Å²) in [5.41, 5.74) is 0. The van der Waals surface area contributed by atoms with Gasteiger partial charge in [-0.25, -0.2) is 0 Å². The summed E-state index contributed by atoms with van der Waals surface area (Å²) in [6.07, 6.45) is 73.2. The van der Waals surface area contributed by atoms with Crippen molar-refractivity contribution in [2.45, 2.75) is 341 Å². The molecule has 6 nitrogen and oxygen atoms in total. The van der Waals surface area contributed by atoms with Crippen LogP contribution in [-0.4, -0.2) is 47.4 Å². The summed E-state index contributed by atoms with van der Waals surface area (Å²) in [5, 5.41) is 23.2. The van der Waals surface area contributed by atoms with E-state index < -0.39 is 12.1 Å². The number of unbranched alkanes of at least 4 members (excludes halogenated alkanes) is 42. The maximum atomic E-state index is 12.5. The van der Waals surface area contributed by atoms with Gasteiger partial charge in [0.15, 0.2) is 0 Å². The van der Waals surface area contributed by atoms with E-state index in [1.807, 2.05) is 6.08 Å². The normalized spacial score (nSPS) is 12.8. The van der Waals surface area contributed by atoms with E-state index in [1.54, 1.807) is 6.08 Å². The Morgan fingerprint density at radius 2 is 0.725 bits per heavy atom. The molecule has 1 amide bonds. The SMILES string of the molecule is CCCCCCCCCCCCCCCCCCCC/C=C/C(O)C(CO)NC(=O)CCCCCCCCC/C=C\C/C=C\CCCCCOC(=O)CCCCCCCCCCCCCCCCC. The minimum atomic E-state index is -0.856. The van der Waals surface area contributed by atoms with Crippen molar-refractivity contribution >= 4 is 11.9 Å². The van der Waals surface area contributed by atoms with Gasteiger partial charge in [-0.15, -0.1) is 0 Å². The van der Waals surface area contributed by atoms with Gasteiger partial charge in [0.25, 0.3) is 0 Å². The summed E-state index contributed by atoms with van der Waals surface area (Å²) in [7, 11) is 0. The Morgan fingerprint density at radius 1 is 0.406 bits per heavy atom. The van der Waals surface area contributed by atoms with Crippen LogP contribution in [0, 0.1) is 0 Å². The molecule has 69 heavy (non-hydrogen) atoms. The lowest BCUT2D eigenvalue weighted by Crippen LogP contribution is -2.45. The Labute approximate surface area is 430 Å². The zero-order valence-electron chi connectivity index (χ0n) is 46.3. The molecule has 0 aliphatic carbocycles. The molecule has 0 radical (unpaired) electrons. The Balaban J connectivity index is 3.52. The molecule has 0 heterocycles. The van der Waals surface area contributed by atoms with E-state index in [0.29, 0.717) is 19.4 Å². The molecule has 0 bridgehead atoms. The van der Waals surface area contributed by atoms with Gasteiger partial charge in [-0.2, -0.15) is 0 Å². The zero-order chi connectivity index (χ0) is 50.0. The fraction of sp³-hybridized carbons (Fsp3) is 0.873. The molecule has 0 aromatic carbocycles. The molecule has 0 aromatic heterocycles. The minimum Gasteiger partial charge on any atom is -0.466 e. The van der Waals surface area contributed by atoms with Crippen molar-refractivity contribution in [2.24, 2.45) is 0 Å². The van der Waals surface area contributed by atoms with Crippen molar-refractivity contribution in [1.82, 2.24) is 5.32 Å². The lowest BCUT2D eigenvalue weighted by atomic mass is 10.0. The number of allylic oxidation sites excluding steroid dienone is 5. The minimum absolute atomic E-state index is 0.0133. The summed E-state index contributed by atoms with van der Waals surface area (Å²) in [5.74, 6) is -0.0951. The lowest BCUT2D eigenvalue weighted by Gasteiger charge is -2.20. The summed E-state index contributed by atoms with van der Waals surface area (Å²) >= 11 is 0. The molecule has 2 atom stereocenters. The van der Waals surface area contributed by atoms with Crippen LogP contribution in [0.3, 0.4) is 0 Å². The molecule has 0 aliphatic rings. The van der Waals surface area contributed by atoms with Crippen LogP contribution in [0.5, 0.6) is 0 Å². The van der Waals surface area contributed by atoms with E-state index in [4.69, 9.17) is 4.74 Å². The van der Waals surface area contributed by atoms with Crippen LogP contribution in [0.2, 0.25) is 0 Å². The van der Waals surface area contributed by atoms with E-state index in [0.717, 1.165) is 83.5 Å².